The van der Waals surface area contributed by atoms with E-state index in [9.17, 15) is 13.2 Å². The number of hydrogen-bond acceptors (Lipinski definition) is 2. The molecule has 1 heterocycles. The largest absolute Gasteiger partial charge is 0.418 e. The Kier molecular flexibility index (Phi) is 4.64. The topological polar surface area (TPSA) is 36.7 Å². The smallest absolute Gasteiger partial charge is 0.312 e. The Balaban J connectivity index is 2.72. The fourth-order valence-corrected chi connectivity index (χ4v) is 2.47. The second-order valence-corrected chi connectivity index (χ2v) is 5.17. The molecule has 0 amide bonds. The third kappa shape index (κ3) is 3.18. The molecule has 0 aliphatic carbocycles. The first kappa shape index (κ1) is 16.2. The van der Waals surface area contributed by atoms with Gasteiger partial charge in [-0.1, -0.05) is 24.6 Å². The second kappa shape index (κ2) is 6.30. The Hall–Kier alpha value is -2.17. The number of nitrogens with zero attached hydrogens (tertiary/aromatic N) is 1. The molecule has 0 aliphatic rings. The van der Waals surface area contributed by atoms with Crippen molar-refractivity contribution in [3.8, 4) is 11.3 Å². The summed E-state index contributed by atoms with van der Waals surface area (Å²) in [4.78, 5) is 3.97. The Morgan fingerprint density at radius 3 is 2.59 bits per heavy atom. The van der Waals surface area contributed by atoms with Gasteiger partial charge in [-0.15, -0.1) is 0 Å². The third-order valence-corrected chi connectivity index (χ3v) is 3.62. The van der Waals surface area contributed by atoms with Crippen LogP contribution in [0.1, 0.15) is 36.0 Å². The molecule has 5 heteroatoms. The van der Waals surface area contributed by atoms with E-state index in [1.54, 1.807) is 12.1 Å². The molecule has 2 nitrogen and oxygen atoms in total. The predicted molar refractivity (Wildman–Crippen MR) is 81.2 cm³/mol. The van der Waals surface area contributed by atoms with Crippen LogP contribution in [0.2, 0.25) is 0 Å². The second-order valence-electron chi connectivity index (χ2n) is 5.17. The maximum Gasteiger partial charge on any atom is 0.418 e. The first-order chi connectivity index (χ1) is 10.4. The van der Waals surface area contributed by atoms with Crippen molar-refractivity contribution in [2.75, 3.05) is 0 Å². The molecule has 22 heavy (non-hydrogen) atoms. The van der Waals surface area contributed by atoms with E-state index in [0.717, 1.165) is 11.6 Å². The highest BCUT2D eigenvalue weighted by molar-refractivity contribution is 5.75. The van der Waals surface area contributed by atoms with Gasteiger partial charge in [-0.2, -0.15) is 13.2 Å². The Morgan fingerprint density at radius 1 is 1.27 bits per heavy atom. The van der Waals surface area contributed by atoms with E-state index in [0.29, 0.717) is 17.5 Å². The van der Waals surface area contributed by atoms with Gasteiger partial charge in [0, 0.05) is 23.9 Å². The number of aryl methyl sites for hydroxylation is 1. The minimum atomic E-state index is -4.46. The summed E-state index contributed by atoms with van der Waals surface area (Å²) in [5, 5.41) is 7.52. The maximum absolute atomic E-state index is 13.2. The molecule has 0 aliphatic heterocycles. The van der Waals surface area contributed by atoms with Crippen LogP contribution >= 0.6 is 0 Å². The summed E-state index contributed by atoms with van der Waals surface area (Å²) in [6.07, 6.45) is -1.18. The van der Waals surface area contributed by atoms with E-state index in [4.69, 9.17) is 5.41 Å². The number of pyridine rings is 1. The standard InChI is InChI=1S/C17H17F3N2/c1-3-12(10-21)13-7-6-11(2)9-14(13)16-15(17(18,19)20)5-4-8-22-16/h4-10,12,21H,3H2,1-2H3. The summed E-state index contributed by atoms with van der Waals surface area (Å²) < 4.78 is 39.7. The number of alkyl halides is 3. The van der Waals surface area contributed by atoms with E-state index >= 15 is 0 Å². The molecule has 0 spiro atoms. The van der Waals surface area contributed by atoms with Crippen molar-refractivity contribution in [2.45, 2.75) is 32.4 Å². The number of benzene rings is 1. The van der Waals surface area contributed by atoms with Crippen LogP contribution in [0.4, 0.5) is 13.2 Å². The van der Waals surface area contributed by atoms with Gasteiger partial charge in [0.05, 0.1) is 11.3 Å². The van der Waals surface area contributed by atoms with E-state index in [-0.39, 0.29) is 11.6 Å². The highest BCUT2D eigenvalue weighted by atomic mass is 19.4. The molecule has 0 fully saturated rings. The summed E-state index contributed by atoms with van der Waals surface area (Å²) in [6.45, 7) is 3.73. The SMILES string of the molecule is CCC(C=N)c1ccc(C)cc1-c1ncccc1C(F)(F)F. The summed E-state index contributed by atoms with van der Waals surface area (Å²) >= 11 is 0. The molecule has 0 bridgehead atoms. The lowest BCUT2D eigenvalue weighted by Crippen LogP contribution is -2.10. The van der Waals surface area contributed by atoms with Crippen molar-refractivity contribution in [3.63, 3.8) is 0 Å². The fourth-order valence-electron chi connectivity index (χ4n) is 2.47. The van der Waals surface area contributed by atoms with E-state index < -0.39 is 11.7 Å². The molecular weight excluding hydrogens is 289 g/mol. The zero-order chi connectivity index (χ0) is 16.3. The molecule has 2 aromatic rings. The van der Waals surface area contributed by atoms with Crippen LogP contribution in [0.3, 0.4) is 0 Å². The average molecular weight is 306 g/mol. The zero-order valence-electron chi connectivity index (χ0n) is 12.4. The van der Waals surface area contributed by atoms with Gasteiger partial charge in [0.15, 0.2) is 0 Å². The summed E-state index contributed by atoms with van der Waals surface area (Å²) in [6, 6.07) is 7.68. The number of halogens is 3. The minimum Gasteiger partial charge on any atom is -0.312 e. The lowest BCUT2D eigenvalue weighted by Gasteiger charge is -2.18. The molecule has 0 saturated heterocycles. The van der Waals surface area contributed by atoms with Crippen LogP contribution in [0.25, 0.3) is 11.3 Å². The van der Waals surface area contributed by atoms with Crippen LogP contribution < -0.4 is 0 Å². The zero-order valence-corrected chi connectivity index (χ0v) is 12.4. The van der Waals surface area contributed by atoms with Crippen molar-refractivity contribution < 1.29 is 13.2 Å². The average Bonchev–Trinajstić information content (AvgIpc) is 2.49. The summed E-state index contributed by atoms with van der Waals surface area (Å²) in [7, 11) is 0. The quantitative estimate of drug-likeness (QED) is 0.773. The van der Waals surface area contributed by atoms with Crippen LogP contribution in [0, 0.1) is 12.3 Å². The predicted octanol–water partition coefficient (Wildman–Crippen LogP) is 5.22. The Morgan fingerprint density at radius 2 is 2.00 bits per heavy atom. The number of hydrogen-bond donors (Lipinski definition) is 1. The minimum absolute atomic E-state index is 0.0750. The molecule has 1 aromatic carbocycles. The van der Waals surface area contributed by atoms with Crippen LogP contribution in [-0.4, -0.2) is 11.2 Å². The van der Waals surface area contributed by atoms with Gasteiger partial charge in [-0.3, -0.25) is 4.98 Å². The molecule has 1 unspecified atom stereocenters. The van der Waals surface area contributed by atoms with Crippen LogP contribution in [-0.2, 0) is 6.18 Å². The Bertz CT molecular complexity index is 678. The molecule has 1 atom stereocenters. The van der Waals surface area contributed by atoms with Crippen molar-refractivity contribution in [2.24, 2.45) is 0 Å². The van der Waals surface area contributed by atoms with Crippen LogP contribution in [0.5, 0.6) is 0 Å². The van der Waals surface area contributed by atoms with E-state index in [2.05, 4.69) is 4.98 Å². The Labute approximate surface area is 127 Å². The monoisotopic (exact) mass is 306 g/mol. The molecule has 2 rings (SSSR count). The molecule has 0 radical (unpaired) electrons. The van der Waals surface area contributed by atoms with E-state index in [1.807, 2.05) is 19.9 Å². The lowest BCUT2D eigenvalue weighted by molar-refractivity contribution is -0.137. The molecule has 116 valence electrons. The van der Waals surface area contributed by atoms with Gasteiger partial charge in [0.25, 0.3) is 0 Å². The van der Waals surface area contributed by atoms with Crippen molar-refractivity contribution >= 4 is 6.21 Å². The molecule has 1 N–H and O–H groups in total. The lowest BCUT2D eigenvalue weighted by atomic mass is 9.89. The molecular formula is C17H17F3N2. The first-order valence-corrected chi connectivity index (χ1v) is 7.02. The molecule has 0 saturated carbocycles. The molecule has 1 aromatic heterocycles. The van der Waals surface area contributed by atoms with E-state index in [1.165, 1.54) is 18.5 Å². The highest BCUT2D eigenvalue weighted by Gasteiger charge is 2.35. The van der Waals surface area contributed by atoms with Crippen LogP contribution in [0.15, 0.2) is 36.5 Å². The van der Waals surface area contributed by atoms with Gasteiger partial charge in [0.2, 0.25) is 0 Å². The summed E-state index contributed by atoms with van der Waals surface area (Å²) in [5.41, 5.74) is 1.18. The van der Waals surface area contributed by atoms with Gasteiger partial charge < -0.3 is 5.41 Å². The van der Waals surface area contributed by atoms with Crippen molar-refractivity contribution in [1.82, 2.24) is 4.98 Å². The summed E-state index contributed by atoms with van der Waals surface area (Å²) in [5.74, 6) is -0.223. The van der Waals surface area contributed by atoms with Gasteiger partial charge in [-0.05, 0) is 37.1 Å². The number of aromatic nitrogens is 1. The van der Waals surface area contributed by atoms with Crippen molar-refractivity contribution in [3.05, 3.63) is 53.2 Å². The highest BCUT2D eigenvalue weighted by Crippen LogP contribution is 2.38. The van der Waals surface area contributed by atoms with Crippen molar-refractivity contribution in [1.29, 1.82) is 5.41 Å². The van der Waals surface area contributed by atoms with Gasteiger partial charge in [-0.25, -0.2) is 0 Å². The number of rotatable bonds is 4. The van der Waals surface area contributed by atoms with Gasteiger partial charge in [0.1, 0.15) is 0 Å². The normalized spacial score (nSPS) is 13.0. The fraction of sp³-hybridized carbons (Fsp3) is 0.294. The number of nitrogens with one attached hydrogen (secondary N) is 1. The third-order valence-electron chi connectivity index (χ3n) is 3.62. The first-order valence-electron chi connectivity index (χ1n) is 7.02. The maximum atomic E-state index is 13.2. The van der Waals surface area contributed by atoms with Gasteiger partial charge >= 0.3 is 6.18 Å².